The van der Waals surface area contributed by atoms with Crippen LogP contribution in [0.5, 0.6) is 0 Å². The Kier molecular flexibility index (Phi) is 27.8. The lowest BCUT2D eigenvalue weighted by atomic mass is 9.91. The van der Waals surface area contributed by atoms with Crippen molar-refractivity contribution >= 4 is 11.9 Å². The minimum absolute atomic E-state index is 0. The van der Waals surface area contributed by atoms with Crippen molar-refractivity contribution in [2.75, 3.05) is 0 Å². The maximum absolute atomic E-state index is 10.9. The van der Waals surface area contributed by atoms with Crippen LogP contribution in [0.25, 0.3) is 0 Å². The number of carbonyl (C=O) groups excluding carboxylic acids is 2. The molecule has 0 aliphatic carbocycles. The number of hydrogen-bond donors (Lipinski definition) is 0. The van der Waals surface area contributed by atoms with E-state index in [1.807, 2.05) is 13.8 Å². The second-order valence-corrected chi connectivity index (χ2v) is 3.99. The summed E-state index contributed by atoms with van der Waals surface area (Å²) in [5, 5.41) is 0. The number of esters is 2. The van der Waals surface area contributed by atoms with Gasteiger partial charge in [-0.3, -0.25) is 9.59 Å². The maximum atomic E-state index is 10.9. The SMILES string of the molecule is C.C.C.C.CCC(C)C1CC(=O)OC1=O.CCCC. The summed E-state index contributed by atoms with van der Waals surface area (Å²) in [6.45, 7) is 8.32. The highest BCUT2D eigenvalue weighted by atomic mass is 16.6. The van der Waals surface area contributed by atoms with Gasteiger partial charge in [-0.25, -0.2) is 0 Å². The summed E-state index contributed by atoms with van der Waals surface area (Å²) in [4.78, 5) is 21.6. The van der Waals surface area contributed by atoms with E-state index >= 15 is 0 Å². The van der Waals surface area contributed by atoms with E-state index < -0.39 is 0 Å². The molecule has 1 fully saturated rings. The van der Waals surface area contributed by atoms with Gasteiger partial charge in [0.25, 0.3) is 0 Å². The average Bonchev–Trinajstić information content (AvgIpc) is 2.57. The van der Waals surface area contributed by atoms with Crippen molar-refractivity contribution in [3.05, 3.63) is 0 Å². The quantitative estimate of drug-likeness (QED) is 0.507. The molecule has 3 nitrogen and oxygen atoms in total. The van der Waals surface area contributed by atoms with Crippen LogP contribution < -0.4 is 0 Å². The summed E-state index contributed by atoms with van der Waals surface area (Å²) in [5.41, 5.74) is 0. The molecule has 0 N–H and O–H groups in total. The molecule has 0 aromatic carbocycles. The Labute approximate surface area is 122 Å². The van der Waals surface area contributed by atoms with Crippen LogP contribution in [0.2, 0.25) is 0 Å². The molecule has 1 aliphatic heterocycles. The van der Waals surface area contributed by atoms with E-state index in [0.29, 0.717) is 0 Å². The smallest absolute Gasteiger partial charge is 0.317 e. The summed E-state index contributed by atoms with van der Waals surface area (Å²) in [6, 6.07) is 0. The van der Waals surface area contributed by atoms with Gasteiger partial charge in [-0.1, -0.05) is 76.7 Å². The minimum atomic E-state index is -0.375. The largest absolute Gasteiger partial charge is 0.393 e. The van der Waals surface area contributed by atoms with E-state index in [0.717, 1.165) is 6.42 Å². The van der Waals surface area contributed by atoms with Gasteiger partial charge in [0.15, 0.2) is 0 Å². The molecule has 0 aromatic rings. The normalized spacial score (nSPS) is 17.2. The third-order valence-corrected chi connectivity index (χ3v) is 2.73. The van der Waals surface area contributed by atoms with Crippen molar-refractivity contribution in [1.29, 1.82) is 0 Å². The number of hydrogen-bond acceptors (Lipinski definition) is 3. The van der Waals surface area contributed by atoms with Crippen molar-refractivity contribution in [2.45, 2.75) is 83.1 Å². The molecule has 19 heavy (non-hydrogen) atoms. The number of carbonyl (C=O) groups is 2. The molecule has 0 spiro atoms. The van der Waals surface area contributed by atoms with E-state index in [2.05, 4.69) is 18.6 Å². The van der Waals surface area contributed by atoms with Crippen LogP contribution in [0.3, 0.4) is 0 Å². The molecule has 2 unspecified atom stereocenters. The predicted octanol–water partition coefficient (Wildman–Crippen LogP) is 5.47. The standard InChI is InChI=1S/C8H12O3.C4H10.4CH4/c1-3-5(2)6-4-7(9)11-8(6)10;1-3-4-2;;;;/h5-6H,3-4H2,1-2H3;3-4H2,1-2H3;4*1H4. The zero-order valence-corrected chi connectivity index (χ0v) is 10.2. The summed E-state index contributed by atoms with van der Waals surface area (Å²) >= 11 is 0. The lowest BCUT2D eigenvalue weighted by molar-refractivity contribution is -0.153. The van der Waals surface area contributed by atoms with Crippen LogP contribution in [0.4, 0.5) is 0 Å². The average molecular weight is 278 g/mol. The molecule has 1 heterocycles. The van der Waals surface area contributed by atoms with Gasteiger partial charge in [0.2, 0.25) is 0 Å². The molecule has 1 aliphatic rings. The fraction of sp³-hybridized carbons (Fsp3) is 0.875. The van der Waals surface area contributed by atoms with Gasteiger partial charge in [0.05, 0.1) is 12.3 Å². The third kappa shape index (κ3) is 11.9. The molecule has 2 atom stereocenters. The van der Waals surface area contributed by atoms with E-state index in [1.54, 1.807) is 0 Å². The van der Waals surface area contributed by atoms with E-state index in [9.17, 15) is 9.59 Å². The van der Waals surface area contributed by atoms with Gasteiger partial charge < -0.3 is 4.74 Å². The van der Waals surface area contributed by atoms with E-state index in [4.69, 9.17) is 0 Å². The minimum Gasteiger partial charge on any atom is -0.393 e. The topological polar surface area (TPSA) is 43.4 Å². The van der Waals surface area contributed by atoms with Crippen LogP contribution in [-0.2, 0) is 14.3 Å². The Bertz CT molecular complexity index is 210. The first-order valence-corrected chi connectivity index (χ1v) is 5.81. The molecule has 3 heteroatoms. The monoisotopic (exact) mass is 278 g/mol. The van der Waals surface area contributed by atoms with Crippen LogP contribution in [-0.4, -0.2) is 11.9 Å². The Balaban J connectivity index is -0.0000000735. The fourth-order valence-corrected chi connectivity index (χ4v) is 1.21. The van der Waals surface area contributed by atoms with Gasteiger partial charge in [0, 0.05) is 0 Å². The number of ether oxygens (including phenoxy) is 1. The molecular formula is C16H38O3. The lowest BCUT2D eigenvalue weighted by Crippen LogP contribution is -2.15. The van der Waals surface area contributed by atoms with Gasteiger partial charge in [-0.05, 0) is 5.92 Å². The Hall–Kier alpha value is -0.860. The second kappa shape index (κ2) is 17.1. The highest BCUT2D eigenvalue weighted by Gasteiger charge is 2.36. The highest BCUT2D eigenvalue weighted by Crippen LogP contribution is 2.25. The molecule has 0 saturated carbocycles. The summed E-state index contributed by atoms with van der Waals surface area (Å²) in [6.07, 6.45) is 3.82. The van der Waals surface area contributed by atoms with Crippen molar-refractivity contribution in [3.8, 4) is 0 Å². The molecule has 0 radical (unpaired) electrons. The van der Waals surface area contributed by atoms with Gasteiger partial charge >= 0.3 is 11.9 Å². The Morgan fingerprint density at radius 2 is 1.47 bits per heavy atom. The van der Waals surface area contributed by atoms with Crippen molar-refractivity contribution in [1.82, 2.24) is 0 Å². The molecule has 1 rings (SSSR count). The van der Waals surface area contributed by atoms with E-state index in [-0.39, 0.29) is 59.9 Å². The Morgan fingerprint density at radius 3 is 1.68 bits per heavy atom. The first-order chi connectivity index (χ1) is 7.06. The van der Waals surface area contributed by atoms with Gasteiger partial charge in [0.1, 0.15) is 0 Å². The second-order valence-electron chi connectivity index (χ2n) is 3.99. The fourth-order valence-electron chi connectivity index (χ4n) is 1.21. The predicted molar refractivity (Wildman–Crippen MR) is 86.2 cm³/mol. The van der Waals surface area contributed by atoms with Crippen molar-refractivity contribution < 1.29 is 14.3 Å². The lowest BCUT2D eigenvalue weighted by Gasteiger charge is -2.10. The molecular weight excluding hydrogens is 240 g/mol. The first kappa shape index (κ1) is 30.9. The number of cyclic esters (lactones) is 2. The zero-order chi connectivity index (χ0) is 11.8. The van der Waals surface area contributed by atoms with Crippen molar-refractivity contribution in [3.63, 3.8) is 0 Å². The molecule has 0 amide bonds. The van der Waals surface area contributed by atoms with Crippen LogP contribution in [0.15, 0.2) is 0 Å². The van der Waals surface area contributed by atoms with Gasteiger partial charge in [-0.15, -0.1) is 0 Å². The van der Waals surface area contributed by atoms with Crippen molar-refractivity contribution in [2.24, 2.45) is 11.8 Å². The number of unbranched alkanes of at least 4 members (excludes halogenated alkanes) is 1. The Morgan fingerprint density at radius 1 is 1.05 bits per heavy atom. The third-order valence-electron chi connectivity index (χ3n) is 2.73. The summed E-state index contributed by atoms with van der Waals surface area (Å²) in [5.74, 6) is -0.647. The van der Waals surface area contributed by atoms with Crippen LogP contribution >= 0.6 is 0 Å². The molecule has 1 saturated heterocycles. The maximum Gasteiger partial charge on any atom is 0.317 e. The zero-order valence-electron chi connectivity index (χ0n) is 10.2. The summed E-state index contributed by atoms with van der Waals surface area (Å²) < 4.78 is 4.42. The van der Waals surface area contributed by atoms with Crippen LogP contribution in [0.1, 0.15) is 83.1 Å². The molecule has 120 valence electrons. The first-order valence-electron chi connectivity index (χ1n) is 5.81. The van der Waals surface area contributed by atoms with Crippen LogP contribution in [0, 0.1) is 11.8 Å². The number of rotatable bonds is 3. The van der Waals surface area contributed by atoms with Gasteiger partial charge in [-0.2, -0.15) is 0 Å². The highest BCUT2D eigenvalue weighted by molar-refractivity contribution is 5.94. The molecule has 0 aromatic heterocycles. The molecule has 0 bridgehead atoms. The van der Waals surface area contributed by atoms with E-state index in [1.165, 1.54) is 12.8 Å². The summed E-state index contributed by atoms with van der Waals surface area (Å²) in [7, 11) is 0.